The van der Waals surface area contributed by atoms with E-state index in [1.807, 2.05) is 27.0 Å². The lowest BCUT2D eigenvalue weighted by Gasteiger charge is -2.38. The molecule has 3 unspecified atom stereocenters. The molecule has 8 nitrogen and oxygen atoms in total. The zero-order valence-electron chi connectivity index (χ0n) is 19.4. The number of amides is 1. The minimum Gasteiger partial charge on any atom is -0.444 e. The van der Waals surface area contributed by atoms with Crippen LogP contribution in [0.25, 0.3) is 4.85 Å². The number of ether oxygens (including phenoxy) is 2. The molecule has 1 amide bonds. The van der Waals surface area contributed by atoms with Crippen molar-refractivity contribution in [2.45, 2.75) is 57.7 Å². The lowest BCUT2D eigenvalue weighted by molar-refractivity contribution is 0.0194. The monoisotopic (exact) mass is 449 g/mol. The molecule has 4 heterocycles. The molecule has 4 aliphatic rings. The number of rotatable bonds is 2. The Bertz CT molecular complexity index is 1060. The summed E-state index contributed by atoms with van der Waals surface area (Å²) in [5.74, 6) is 1.20. The number of carbonyl (C=O) groups is 1. The quantitative estimate of drug-likeness (QED) is 0.645. The van der Waals surface area contributed by atoms with Crippen LogP contribution < -0.4 is 5.32 Å². The summed E-state index contributed by atoms with van der Waals surface area (Å²) in [6.45, 7) is 15.7. The van der Waals surface area contributed by atoms with E-state index < -0.39 is 5.60 Å². The molecule has 0 aromatic carbocycles. The van der Waals surface area contributed by atoms with Crippen LogP contribution in [0, 0.1) is 18.4 Å². The van der Waals surface area contributed by atoms with Crippen molar-refractivity contribution < 1.29 is 14.3 Å². The molecular formula is C25H31N5O3. The first-order valence-corrected chi connectivity index (χ1v) is 11.8. The fourth-order valence-corrected chi connectivity index (χ4v) is 5.38. The summed E-state index contributed by atoms with van der Waals surface area (Å²) in [7, 11) is 0. The lowest BCUT2D eigenvalue weighted by atomic mass is 9.76. The maximum absolute atomic E-state index is 12.5. The van der Waals surface area contributed by atoms with Gasteiger partial charge >= 0.3 is 6.09 Å². The van der Waals surface area contributed by atoms with Gasteiger partial charge < -0.3 is 19.7 Å². The Balaban J connectivity index is 1.42. The van der Waals surface area contributed by atoms with Gasteiger partial charge in [-0.2, -0.15) is 5.10 Å². The van der Waals surface area contributed by atoms with Crippen molar-refractivity contribution >= 4 is 11.9 Å². The van der Waals surface area contributed by atoms with E-state index in [2.05, 4.69) is 38.6 Å². The number of fused-ring (bicyclic) bond motifs is 2. The zero-order valence-corrected chi connectivity index (χ0v) is 19.4. The van der Waals surface area contributed by atoms with Crippen molar-refractivity contribution in [2.24, 2.45) is 11.8 Å². The molecule has 2 N–H and O–H groups in total. The molecule has 174 valence electrons. The third-order valence-corrected chi connectivity index (χ3v) is 6.91. The number of anilines is 1. The van der Waals surface area contributed by atoms with E-state index in [-0.39, 0.29) is 24.0 Å². The summed E-state index contributed by atoms with van der Waals surface area (Å²) in [5.41, 5.74) is 3.28. The molecule has 0 radical (unpaired) electrons. The van der Waals surface area contributed by atoms with Crippen molar-refractivity contribution in [1.29, 1.82) is 0 Å². The fourth-order valence-electron chi connectivity index (χ4n) is 5.38. The second-order valence-electron chi connectivity index (χ2n) is 10.2. The van der Waals surface area contributed by atoms with Crippen LogP contribution in [0.5, 0.6) is 0 Å². The van der Waals surface area contributed by atoms with Gasteiger partial charge in [-0.25, -0.2) is 9.64 Å². The number of nitrogens with zero attached hydrogens (tertiary/aromatic N) is 3. The summed E-state index contributed by atoms with van der Waals surface area (Å²) < 4.78 is 11.7. The third kappa shape index (κ3) is 4.06. The lowest BCUT2D eigenvalue weighted by Crippen LogP contribution is -2.42. The Hall–Kier alpha value is -3.05. The number of carbonyl (C=O) groups excluding carboxylic acids is 1. The number of likely N-dealkylation sites (tertiary alicyclic amines) is 1. The number of hydrogen-bond acceptors (Lipinski definition) is 5. The maximum Gasteiger partial charge on any atom is 0.410 e. The van der Waals surface area contributed by atoms with Crippen LogP contribution in [0.15, 0.2) is 41.4 Å². The molecule has 1 aromatic heterocycles. The molecule has 2 fully saturated rings. The molecule has 0 spiro atoms. The molecule has 2 saturated heterocycles. The van der Waals surface area contributed by atoms with Crippen molar-refractivity contribution in [3.05, 3.63) is 58.4 Å². The largest absolute Gasteiger partial charge is 0.444 e. The standard InChI is InChI=1S/C25H31N5O3/c1-25(2,3)33-24(31)30-11-8-15(9-12-30)20-21(26-4)19(18-14-27-29-23(18)28-20)17-7-5-6-16-10-13-32-22(16)17/h5-7,14-16,19,22H,8-13H2,1-3H3,(H2,27,28,29). The van der Waals surface area contributed by atoms with E-state index in [1.54, 1.807) is 4.90 Å². The number of piperidine rings is 1. The smallest absolute Gasteiger partial charge is 0.410 e. The molecular weight excluding hydrogens is 418 g/mol. The molecule has 3 aliphatic heterocycles. The van der Waals surface area contributed by atoms with E-state index >= 15 is 0 Å². The average Bonchev–Trinajstić information content (AvgIpc) is 3.46. The number of aromatic nitrogens is 2. The van der Waals surface area contributed by atoms with Gasteiger partial charge in [-0.1, -0.05) is 18.2 Å². The summed E-state index contributed by atoms with van der Waals surface area (Å²) in [4.78, 5) is 18.3. The van der Waals surface area contributed by atoms with Gasteiger partial charge in [-0.15, -0.1) is 0 Å². The van der Waals surface area contributed by atoms with E-state index in [0.29, 0.717) is 19.0 Å². The molecule has 1 aliphatic carbocycles. The maximum atomic E-state index is 12.5. The highest BCUT2D eigenvalue weighted by molar-refractivity contribution is 5.68. The number of hydrogen-bond donors (Lipinski definition) is 2. The van der Waals surface area contributed by atoms with Gasteiger partial charge in [0, 0.05) is 42.8 Å². The Kier molecular flexibility index (Phi) is 5.53. The Morgan fingerprint density at radius 2 is 2.09 bits per heavy atom. The van der Waals surface area contributed by atoms with Crippen LogP contribution in [-0.2, 0) is 9.47 Å². The van der Waals surface area contributed by atoms with Gasteiger partial charge in [-0.3, -0.25) is 5.10 Å². The third-order valence-electron chi connectivity index (χ3n) is 6.91. The molecule has 1 aromatic rings. The van der Waals surface area contributed by atoms with Crippen LogP contribution >= 0.6 is 0 Å². The summed E-state index contributed by atoms with van der Waals surface area (Å²) in [6.07, 6.45) is 10.6. The van der Waals surface area contributed by atoms with Crippen molar-refractivity contribution in [3.8, 4) is 0 Å². The van der Waals surface area contributed by atoms with Gasteiger partial charge in [0.2, 0.25) is 0 Å². The van der Waals surface area contributed by atoms with Crippen molar-refractivity contribution in [3.63, 3.8) is 0 Å². The predicted molar refractivity (Wildman–Crippen MR) is 124 cm³/mol. The normalized spacial score (nSPS) is 27.4. The number of allylic oxidation sites excluding steroid dienone is 4. The average molecular weight is 450 g/mol. The summed E-state index contributed by atoms with van der Waals surface area (Å²) in [5, 5.41) is 10.8. The van der Waals surface area contributed by atoms with Crippen LogP contribution in [0.3, 0.4) is 0 Å². The second-order valence-corrected chi connectivity index (χ2v) is 10.2. The van der Waals surface area contributed by atoms with Crippen LogP contribution in [0.1, 0.15) is 51.5 Å². The predicted octanol–water partition coefficient (Wildman–Crippen LogP) is 4.60. The fraction of sp³-hybridized carbons (Fsp3) is 0.560. The topological polar surface area (TPSA) is 83.8 Å². The SMILES string of the molecule is [C-]#[N+]C1=C(C2CCN(C(=O)OC(C)(C)C)CC2)Nc2[nH]ncc2C1C1=CC=CC2CCOC12. The molecule has 33 heavy (non-hydrogen) atoms. The van der Waals surface area contributed by atoms with E-state index in [1.165, 1.54) is 0 Å². The first-order chi connectivity index (χ1) is 15.9. The molecule has 3 atom stereocenters. The number of H-pyrrole nitrogens is 1. The van der Waals surface area contributed by atoms with Crippen LogP contribution in [0.2, 0.25) is 0 Å². The van der Waals surface area contributed by atoms with Crippen LogP contribution in [-0.4, -0.2) is 52.6 Å². The first kappa shape index (κ1) is 21.8. The van der Waals surface area contributed by atoms with Gasteiger partial charge in [0.1, 0.15) is 11.4 Å². The highest BCUT2D eigenvalue weighted by Gasteiger charge is 2.42. The highest BCUT2D eigenvalue weighted by atomic mass is 16.6. The van der Waals surface area contributed by atoms with Gasteiger partial charge in [0.25, 0.3) is 0 Å². The minimum atomic E-state index is -0.509. The van der Waals surface area contributed by atoms with Gasteiger partial charge in [-0.05, 0) is 51.5 Å². The Labute approximate surface area is 194 Å². The van der Waals surface area contributed by atoms with Gasteiger partial charge in [0.15, 0.2) is 5.70 Å². The highest BCUT2D eigenvalue weighted by Crippen LogP contribution is 2.48. The van der Waals surface area contributed by atoms with Crippen molar-refractivity contribution in [2.75, 3.05) is 25.0 Å². The Morgan fingerprint density at radius 1 is 1.30 bits per heavy atom. The van der Waals surface area contributed by atoms with E-state index in [9.17, 15) is 4.79 Å². The second kappa shape index (κ2) is 8.38. The summed E-state index contributed by atoms with van der Waals surface area (Å²) in [6, 6.07) is 0. The Morgan fingerprint density at radius 3 is 2.82 bits per heavy atom. The van der Waals surface area contributed by atoms with E-state index in [4.69, 9.17) is 16.0 Å². The zero-order chi connectivity index (χ0) is 23.2. The number of nitrogens with one attached hydrogen (secondary N) is 2. The molecule has 0 saturated carbocycles. The number of aromatic amines is 1. The van der Waals surface area contributed by atoms with E-state index in [0.717, 1.165) is 54.2 Å². The minimum absolute atomic E-state index is 0.00728. The van der Waals surface area contributed by atoms with Gasteiger partial charge in [0.05, 0.1) is 18.9 Å². The van der Waals surface area contributed by atoms with Crippen LogP contribution in [0.4, 0.5) is 10.6 Å². The summed E-state index contributed by atoms with van der Waals surface area (Å²) >= 11 is 0. The molecule has 0 bridgehead atoms. The first-order valence-electron chi connectivity index (χ1n) is 11.8. The van der Waals surface area contributed by atoms with Crippen molar-refractivity contribution in [1.82, 2.24) is 15.1 Å². The molecule has 8 heteroatoms. The molecule has 5 rings (SSSR count).